The number of para-hydroxylation sites is 1. The number of aromatic nitrogens is 1. The molecule has 35 heavy (non-hydrogen) atoms. The molecule has 0 bridgehead atoms. The smallest absolute Gasteiger partial charge is 0.410 e. The summed E-state index contributed by atoms with van der Waals surface area (Å²) in [6, 6.07) is 14.2. The molecular formula is C29H34N2O4. The molecule has 1 unspecified atom stereocenters. The van der Waals surface area contributed by atoms with Gasteiger partial charge in [-0.25, -0.2) is 9.59 Å². The van der Waals surface area contributed by atoms with Gasteiger partial charge in [-0.2, -0.15) is 0 Å². The number of hydrogen-bond acceptors (Lipinski definition) is 3. The van der Waals surface area contributed by atoms with Crippen LogP contribution in [0.3, 0.4) is 0 Å². The monoisotopic (exact) mass is 474 g/mol. The highest BCUT2D eigenvalue weighted by atomic mass is 16.6. The Morgan fingerprint density at radius 3 is 2.71 bits per heavy atom. The number of nitrogens with one attached hydrogen (secondary N) is 1. The lowest BCUT2D eigenvalue weighted by Gasteiger charge is -2.37. The molecule has 0 radical (unpaired) electrons. The Hall–Kier alpha value is -3.54. The highest BCUT2D eigenvalue weighted by Gasteiger charge is 2.32. The number of H-pyrrole nitrogens is 1. The summed E-state index contributed by atoms with van der Waals surface area (Å²) >= 11 is 0. The highest BCUT2D eigenvalue weighted by Crippen LogP contribution is 2.36. The van der Waals surface area contributed by atoms with Crippen molar-refractivity contribution in [1.82, 2.24) is 9.88 Å². The number of benzene rings is 2. The summed E-state index contributed by atoms with van der Waals surface area (Å²) in [6.07, 6.45) is 5.90. The summed E-state index contributed by atoms with van der Waals surface area (Å²) in [5.74, 6) is -0.968. The maximum atomic E-state index is 13.4. The molecule has 6 nitrogen and oxygen atoms in total. The van der Waals surface area contributed by atoms with Gasteiger partial charge in [0.2, 0.25) is 0 Å². The van der Waals surface area contributed by atoms with Crippen molar-refractivity contribution in [2.75, 3.05) is 6.54 Å². The van der Waals surface area contributed by atoms with Gasteiger partial charge in [-0.3, -0.25) is 0 Å². The molecule has 184 valence electrons. The Bertz CT molecular complexity index is 1270. The Balaban J connectivity index is 1.65. The fraction of sp³-hybridized carbons (Fsp3) is 0.379. The van der Waals surface area contributed by atoms with Crippen LogP contribution in [0.4, 0.5) is 4.79 Å². The van der Waals surface area contributed by atoms with Crippen LogP contribution in [0.1, 0.15) is 67.6 Å². The van der Waals surface area contributed by atoms with E-state index in [1.54, 1.807) is 6.08 Å². The maximum Gasteiger partial charge on any atom is 0.410 e. The summed E-state index contributed by atoms with van der Waals surface area (Å²) in [4.78, 5) is 29.7. The zero-order chi connectivity index (χ0) is 25.2. The zero-order valence-corrected chi connectivity index (χ0v) is 20.9. The average Bonchev–Trinajstić information content (AvgIpc) is 3.11. The molecule has 3 aromatic rings. The molecule has 2 N–H and O–H groups in total. The number of carbonyl (C=O) groups excluding carboxylic acids is 1. The number of rotatable bonds is 6. The number of amides is 1. The number of carboxylic acids is 1. The number of ether oxygens (including phenoxy) is 1. The molecule has 1 aliphatic carbocycles. The Labute approximate surface area is 206 Å². The van der Waals surface area contributed by atoms with E-state index >= 15 is 0 Å². The SMILES string of the molecule is Cc1[nH]c2ccccc2c1CCN(C(=O)OC(C)(C)C)C1CCCc2cc(/C=C/C(=O)O)ccc21. The first kappa shape index (κ1) is 24.6. The van der Waals surface area contributed by atoms with Crippen LogP contribution in [-0.2, 0) is 22.4 Å². The van der Waals surface area contributed by atoms with Gasteiger partial charge in [-0.1, -0.05) is 36.4 Å². The summed E-state index contributed by atoms with van der Waals surface area (Å²) < 4.78 is 5.85. The molecule has 1 aromatic heterocycles. The number of hydrogen-bond donors (Lipinski definition) is 2. The molecule has 4 rings (SSSR count). The van der Waals surface area contributed by atoms with Crippen LogP contribution in [0.5, 0.6) is 0 Å². The van der Waals surface area contributed by atoms with Crippen LogP contribution in [0.25, 0.3) is 17.0 Å². The normalized spacial score (nSPS) is 15.8. The van der Waals surface area contributed by atoms with Crippen molar-refractivity contribution in [1.29, 1.82) is 0 Å². The largest absolute Gasteiger partial charge is 0.478 e. The first-order chi connectivity index (χ1) is 16.6. The van der Waals surface area contributed by atoms with Crippen LogP contribution in [-0.4, -0.2) is 39.2 Å². The van der Waals surface area contributed by atoms with Gasteiger partial charge in [-0.15, -0.1) is 0 Å². The number of fused-ring (bicyclic) bond motifs is 2. The molecule has 0 aliphatic heterocycles. The van der Waals surface area contributed by atoms with E-state index in [1.165, 1.54) is 10.9 Å². The standard InChI is InChI=1S/C29H34N2O4/c1-19-22(24-9-5-6-10-25(24)30-19)16-17-31(28(34)35-29(2,3)4)26-11-7-8-21-18-20(12-14-23(21)26)13-15-27(32)33/h5-6,9-10,12-15,18,26,30H,7-8,11,16-17H2,1-4H3,(H,32,33)/b15-13+. The van der Waals surface area contributed by atoms with Crippen molar-refractivity contribution >= 4 is 29.0 Å². The first-order valence-electron chi connectivity index (χ1n) is 12.2. The van der Waals surface area contributed by atoms with E-state index in [4.69, 9.17) is 9.84 Å². The van der Waals surface area contributed by atoms with Crippen LogP contribution < -0.4 is 0 Å². The molecule has 0 fully saturated rings. The summed E-state index contributed by atoms with van der Waals surface area (Å²) in [6.45, 7) is 8.30. The second-order valence-corrected chi connectivity index (χ2v) is 10.2. The van der Waals surface area contributed by atoms with E-state index in [1.807, 2.05) is 56.0 Å². The van der Waals surface area contributed by atoms with Gasteiger partial charge in [0.05, 0.1) is 6.04 Å². The quantitative estimate of drug-likeness (QED) is 0.403. The minimum Gasteiger partial charge on any atom is -0.478 e. The van der Waals surface area contributed by atoms with Crippen LogP contribution in [0.15, 0.2) is 48.5 Å². The third-order valence-corrected chi connectivity index (χ3v) is 6.50. The predicted molar refractivity (Wildman–Crippen MR) is 138 cm³/mol. The number of aromatic amines is 1. The summed E-state index contributed by atoms with van der Waals surface area (Å²) in [7, 11) is 0. The fourth-order valence-electron chi connectivity index (χ4n) is 4.99. The van der Waals surface area contributed by atoms with Gasteiger partial charge in [0.15, 0.2) is 0 Å². The van der Waals surface area contributed by atoms with E-state index in [-0.39, 0.29) is 12.1 Å². The number of carbonyl (C=O) groups is 2. The minimum atomic E-state index is -0.968. The van der Waals surface area contributed by atoms with E-state index < -0.39 is 11.6 Å². The molecule has 2 aromatic carbocycles. The van der Waals surface area contributed by atoms with Crippen LogP contribution in [0.2, 0.25) is 0 Å². The summed E-state index contributed by atoms with van der Waals surface area (Å²) in [5.41, 5.74) is 5.98. The van der Waals surface area contributed by atoms with Crippen molar-refractivity contribution in [3.05, 3.63) is 76.5 Å². The van der Waals surface area contributed by atoms with Gasteiger partial charge in [0.1, 0.15) is 5.60 Å². The van der Waals surface area contributed by atoms with Gasteiger partial charge in [-0.05, 0) is 87.8 Å². The van der Waals surface area contributed by atoms with E-state index in [0.717, 1.165) is 59.7 Å². The molecule has 1 aliphatic rings. The maximum absolute atomic E-state index is 13.4. The van der Waals surface area contributed by atoms with Crippen molar-refractivity contribution in [2.45, 2.75) is 65.0 Å². The second kappa shape index (κ2) is 9.98. The second-order valence-electron chi connectivity index (χ2n) is 10.2. The van der Waals surface area contributed by atoms with Crippen molar-refractivity contribution in [2.24, 2.45) is 0 Å². The lowest BCUT2D eigenvalue weighted by molar-refractivity contribution is -0.131. The third-order valence-electron chi connectivity index (χ3n) is 6.50. The van der Waals surface area contributed by atoms with Crippen LogP contribution in [0, 0.1) is 6.92 Å². The highest BCUT2D eigenvalue weighted by molar-refractivity contribution is 5.85. The van der Waals surface area contributed by atoms with Gasteiger partial charge in [0, 0.05) is 29.2 Å². The first-order valence-corrected chi connectivity index (χ1v) is 12.2. The minimum absolute atomic E-state index is 0.0865. The third kappa shape index (κ3) is 5.76. The summed E-state index contributed by atoms with van der Waals surface area (Å²) in [5, 5.41) is 10.1. The lowest BCUT2D eigenvalue weighted by Crippen LogP contribution is -2.41. The van der Waals surface area contributed by atoms with Gasteiger partial charge < -0.3 is 19.7 Å². The molecule has 0 saturated carbocycles. The molecule has 0 saturated heterocycles. The number of aryl methyl sites for hydroxylation is 2. The number of carboxylic acid groups (broad SMARTS) is 1. The van der Waals surface area contributed by atoms with E-state index in [0.29, 0.717) is 6.54 Å². The van der Waals surface area contributed by atoms with E-state index in [9.17, 15) is 9.59 Å². The molecule has 1 heterocycles. The van der Waals surface area contributed by atoms with Crippen molar-refractivity contribution < 1.29 is 19.4 Å². The fourth-order valence-corrected chi connectivity index (χ4v) is 4.99. The van der Waals surface area contributed by atoms with Crippen molar-refractivity contribution in [3.8, 4) is 0 Å². The number of aliphatic carboxylic acids is 1. The average molecular weight is 475 g/mol. The Morgan fingerprint density at radius 2 is 1.97 bits per heavy atom. The van der Waals surface area contributed by atoms with Gasteiger partial charge >= 0.3 is 12.1 Å². The predicted octanol–water partition coefficient (Wildman–Crippen LogP) is 6.43. The number of nitrogens with zero attached hydrogens (tertiary/aromatic N) is 1. The lowest BCUT2D eigenvalue weighted by atomic mass is 9.85. The zero-order valence-electron chi connectivity index (χ0n) is 20.9. The van der Waals surface area contributed by atoms with Crippen molar-refractivity contribution in [3.63, 3.8) is 0 Å². The molecular weight excluding hydrogens is 440 g/mol. The Morgan fingerprint density at radius 1 is 1.20 bits per heavy atom. The Kier molecular flexibility index (Phi) is 7.01. The van der Waals surface area contributed by atoms with Gasteiger partial charge in [0.25, 0.3) is 0 Å². The molecule has 1 atom stereocenters. The van der Waals surface area contributed by atoms with Crippen LogP contribution >= 0.6 is 0 Å². The molecule has 1 amide bonds. The van der Waals surface area contributed by atoms with E-state index in [2.05, 4.69) is 24.0 Å². The topological polar surface area (TPSA) is 82.6 Å². The molecule has 0 spiro atoms. The molecule has 6 heteroatoms.